The first-order valence-corrected chi connectivity index (χ1v) is 11.3. The Labute approximate surface area is 199 Å². The molecule has 174 valence electrons. The number of hydrogen-bond donors (Lipinski definition) is 1. The lowest BCUT2D eigenvalue weighted by atomic mass is 10.0. The van der Waals surface area contributed by atoms with Gasteiger partial charge < -0.3 is 19.4 Å². The zero-order chi connectivity index (χ0) is 24.1. The summed E-state index contributed by atoms with van der Waals surface area (Å²) in [5, 5.41) is 4.99. The van der Waals surface area contributed by atoms with Gasteiger partial charge in [-0.3, -0.25) is 9.59 Å². The lowest BCUT2D eigenvalue weighted by Crippen LogP contribution is -2.27. The molecule has 0 saturated heterocycles. The molecular weight excluding hydrogens is 428 g/mol. The minimum absolute atomic E-state index is 0.150. The summed E-state index contributed by atoms with van der Waals surface area (Å²) in [5.41, 5.74) is 2.88. The molecule has 3 aromatic carbocycles. The van der Waals surface area contributed by atoms with Gasteiger partial charge in [-0.25, -0.2) is 0 Å². The molecule has 34 heavy (non-hydrogen) atoms. The molecule has 1 N–H and O–H groups in total. The number of nitrogens with one attached hydrogen (secondary N) is 1. The summed E-state index contributed by atoms with van der Waals surface area (Å²) < 4.78 is 11.2. The van der Waals surface area contributed by atoms with Gasteiger partial charge in [-0.05, 0) is 60.0 Å². The number of benzene rings is 3. The molecule has 6 heteroatoms. The van der Waals surface area contributed by atoms with Crippen LogP contribution in [0.2, 0.25) is 0 Å². The topological polar surface area (TPSA) is 71.8 Å². The third kappa shape index (κ3) is 4.96. The van der Waals surface area contributed by atoms with Crippen LogP contribution in [0.15, 0.2) is 77.4 Å². The number of anilines is 1. The number of fused-ring (bicyclic) bond motifs is 1. The van der Waals surface area contributed by atoms with Gasteiger partial charge in [0.1, 0.15) is 5.75 Å². The van der Waals surface area contributed by atoms with Gasteiger partial charge in [0.15, 0.2) is 5.76 Å². The third-order valence-corrected chi connectivity index (χ3v) is 5.68. The van der Waals surface area contributed by atoms with Crippen LogP contribution in [0.3, 0.4) is 0 Å². The van der Waals surface area contributed by atoms with Crippen molar-refractivity contribution >= 4 is 28.3 Å². The first-order valence-electron chi connectivity index (χ1n) is 11.3. The zero-order valence-corrected chi connectivity index (χ0v) is 19.6. The molecule has 0 aliphatic heterocycles. The number of rotatable bonds is 8. The maximum Gasteiger partial charge on any atom is 0.291 e. The van der Waals surface area contributed by atoms with Crippen LogP contribution in [0, 0.1) is 6.92 Å². The molecule has 0 aliphatic rings. The Bertz CT molecular complexity index is 1310. The predicted octanol–water partition coefficient (Wildman–Crippen LogP) is 6.05. The molecule has 0 bridgehead atoms. The standard InChI is InChI=1S/C28H28N2O4/c1-4-15-33-25-14-13-20-8-5-6-9-22(20)23(25)18-30(3)28(32)21-12-11-19(2)24(17-21)29-27(31)26-10-7-16-34-26/h5-14,16-17H,4,15,18H2,1-3H3,(H,29,31). The normalized spacial score (nSPS) is 10.8. The average molecular weight is 457 g/mol. The molecule has 0 spiro atoms. The number of ether oxygens (including phenoxy) is 1. The molecule has 1 aromatic heterocycles. The molecule has 1 heterocycles. The third-order valence-electron chi connectivity index (χ3n) is 5.68. The Morgan fingerprint density at radius 3 is 2.62 bits per heavy atom. The lowest BCUT2D eigenvalue weighted by Gasteiger charge is -2.21. The van der Waals surface area contributed by atoms with Gasteiger partial charge in [0.25, 0.3) is 11.8 Å². The summed E-state index contributed by atoms with van der Waals surface area (Å²) in [7, 11) is 1.77. The van der Waals surface area contributed by atoms with Crippen molar-refractivity contribution in [2.75, 3.05) is 19.0 Å². The Hall–Kier alpha value is -4.06. The highest BCUT2D eigenvalue weighted by Gasteiger charge is 2.18. The fraction of sp³-hybridized carbons (Fsp3) is 0.214. The van der Waals surface area contributed by atoms with E-state index in [4.69, 9.17) is 9.15 Å². The smallest absolute Gasteiger partial charge is 0.291 e. The van der Waals surface area contributed by atoms with Crippen LogP contribution in [0.4, 0.5) is 5.69 Å². The Kier molecular flexibility index (Phi) is 6.97. The molecule has 0 radical (unpaired) electrons. The van der Waals surface area contributed by atoms with Crippen molar-refractivity contribution in [3.63, 3.8) is 0 Å². The van der Waals surface area contributed by atoms with E-state index in [1.165, 1.54) is 6.26 Å². The van der Waals surface area contributed by atoms with Gasteiger partial charge in [-0.1, -0.05) is 43.3 Å². The largest absolute Gasteiger partial charge is 0.493 e. The minimum Gasteiger partial charge on any atom is -0.493 e. The number of carbonyl (C=O) groups is 2. The summed E-state index contributed by atoms with van der Waals surface area (Å²) >= 11 is 0. The van der Waals surface area contributed by atoms with Crippen LogP contribution < -0.4 is 10.1 Å². The quantitative estimate of drug-likeness (QED) is 0.350. The van der Waals surface area contributed by atoms with Crippen molar-refractivity contribution < 1.29 is 18.7 Å². The van der Waals surface area contributed by atoms with Gasteiger partial charge in [0, 0.05) is 30.4 Å². The van der Waals surface area contributed by atoms with Crippen LogP contribution in [0.1, 0.15) is 45.4 Å². The van der Waals surface area contributed by atoms with E-state index in [1.807, 2.05) is 37.3 Å². The highest BCUT2D eigenvalue weighted by Crippen LogP contribution is 2.30. The number of furan rings is 1. The SMILES string of the molecule is CCCOc1ccc2ccccc2c1CN(C)C(=O)c1ccc(C)c(NC(=O)c2ccco2)c1. The summed E-state index contributed by atoms with van der Waals surface area (Å²) in [6, 6.07) is 20.7. The Morgan fingerprint density at radius 1 is 1.03 bits per heavy atom. The van der Waals surface area contributed by atoms with Crippen molar-refractivity contribution in [2.24, 2.45) is 0 Å². The molecule has 2 amide bonds. The molecule has 6 nitrogen and oxygen atoms in total. The zero-order valence-electron chi connectivity index (χ0n) is 19.6. The molecule has 0 aliphatic carbocycles. The van der Waals surface area contributed by atoms with Crippen LogP contribution >= 0.6 is 0 Å². The highest BCUT2D eigenvalue weighted by atomic mass is 16.5. The number of hydrogen-bond acceptors (Lipinski definition) is 4. The maximum atomic E-state index is 13.3. The number of nitrogens with zero attached hydrogens (tertiary/aromatic N) is 1. The van der Waals surface area contributed by atoms with E-state index in [1.54, 1.807) is 36.2 Å². The van der Waals surface area contributed by atoms with Crippen LogP contribution in [-0.4, -0.2) is 30.4 Å². The van der Waals surface area contributed by atoms with Gasteiger partial charge >= 0.3 is 0 Å². The number of aryl methyl sites for hydroxylation is 1. The molecule has 4 aromatic rings. The molecule has 0 atom stereocenters. The second-order valence-corrected chi connectivity index (χ2v) is 8.23. The van der Waals surface area contributed by atoms with E-state index in [2.05, 4.69) is 24.4 Å². The van der Waals surface area contributed by atoms with E-state index in [0.29, 0.717) is 24.4 Å². The van der Waals surface area contributed by atoms with E-state index in [-0.39, 0.29) is 17.6 Å². The maximum absolute atomic E-state index is 13.3. The van der Waals surface area contributed by atoms with Crippen molar-refractivity contribution in [2.45, 2.75) is 26.8 Å². The molecular formula is C28H28N2O4. The summed E-state index contributed by atoms with van der Waals surface area (Å²) in [5.74, 6) is 0.488. The van der Waals surface area contributed by atoms with Crippen LogP contribution in [-0.2, 0) is 6.54 Å². The monoisotopic (exact) mass is 456 g/mol. The Balaban J connectivity index is 1.59. The summed E-state index contributed by atoms with van der Waals surface area (Å²) in [4.78, 5) is 27.4. The van der Waals surface area contributed by atoms with Gasteiger partial charge in [-0.2, -0.15) is 0 Å². The average Bonchev–Trinajstić information content (AvgIpc) is 3.39. The van der Waals surface area contributed by atoms with Gasteiger partial charge in [0.2, 0.25) is 0 Å². The second-order valence-electron chi connectivity index (χ2n) is 8.23. The second kappa shape index (κ2) is 10.3. The molecule has 0 fully saturated rings. The molecule has 4 rings (SSSR count). The first kappa shape index (κ1) is 23.1. The van der Waals surface area contributed by atoms with Gasteiger partial charge in [-0.15, -0.1) is 0 Å². The van der Waals surface area contributed by atoms with Crippen molar-refractivity contribution in [1.29, 1.82) is 0 Å². The summed E-state index contributed by atoms with van der Waals surface area (Å²) in [6.45, 7) is 4.94. The lowest BCUT2D eigenvalue weighted by molar-refractivity contribution is 0.0784. The number of amides is 2. The van der Waals surface area contributed by atoms with E-state index >= 15 is 0 Å². The van der Waals surface area contributed by atoms with E-state index in [9.17, 15) is 9.59 Å². The van der Waals surface area contributed by atoms with Crippen LogP contribution in [0.25, 0.3) is 10.8 Å². The fourth-order valence-corrected chi connectivity index (χ4v) is 3.84. The van der Waals surface area contributed by atoms with E-state index in [0.717, 1.165) is 34.1 Å². The summed E-state index contributed by atoms with van der Waals surface area (Å²) in [6.07, 6.45) is 2.35. The molecule has 0 saturated carbocycles. The molecule has 0 unspecified atom stereocenters. The first-order chi connectivity index (χ1) is 16.5. The Morgan fingerprint density at radius 2 is 1.85 bits per heavy atom. The van der Waals surface area contributed by atoms with E-state index < -0.39 is 0 Å². The van der Waals surface area contributed by atoms with Crippen molar-refractivity contribution in [1.82, 2.24) is 4.90 Å². The highest BCUT2D eigenvalue weighted by molar-refractivity contribution is 6.04. The predicted molar refractivity (Wildman–Crippen MR) is 133 cm³/mol. The van der Waals surface area contributed by atoms with Crippen molar-refractivity contribution in [3.05, 3.63) is 95.4 Å². The fourth-order valence-electron chi connectivity index (χ4n) is 3.84. The minimum atomic E-state index is -0.362. The van der Waals surface area contributed by atoms with Gasteiger partial charge in [0.05, 0.1) is 12.9 Å². The van der Waals surface area contributed by atoms with Crippen LogP contribution in [0.5, 0.6) is 5.75 Å². The van der Waals surface area contributed by atoms with Crippen molar-refractivity contribution in [3.8, 4) is 5.75 Å². The number of carbonyl (C=O) groups excluding carboxylic acids is 2.